The van der Waals surface area contributed by atoms with Crippen LogP contribution in [-0.4, -0.2) is 9.36 Å². The fourth-order valence-electron chi connectivity index (χ4n) is 5.64. The fraction of sp³-hybridized carbons (Fsp3) is 0. The molecule has 3 nitrogen and oxygen atoms in total. The van der Waals surface area contributed by atoms with E-state index in [-0.39, 0.29) is 0 Å². The van der Waals surface area contributed by atoms with Crippen molar-refractivity contribution in [3.63, 3.8) is 0 Å². The highest BCUT2D eigenvalue weighted by Crippen LogP contribution is 2.39. The first kappa shape index (κ1) is 24.5. The van der Waals surface area contributed by atoms with Crippen LogP contribution in [-0.2, 0) is 0 Å². The Kier molecular flexibility index (Phi) is 5.98. The van der Waals surface area contributed by atoms with E-state index >= 15 is 0 Å². The smallest absolute Gasteiger partial charge is 0.173 e. The van der Waals surface area contributed by atoms with Gasteiger partial charge < -0.3 is 4.90 Å². The van der Waals surface area contributed by atoms with E-state index in [1.165, 1.54) is 43.8 Å². The maximum Gasteiger partial charge on any atom is 0.173 e. The molecule has 4 heteroatoms. The average molecular weight is 556 g/mol. The fourth-order valence-corrected chi connectivity index (χ4v) is 6.32. The molecule has 0 saturated heterocycles. The molecule has 1 aromatic heterocycles. The Bertz CT molecular complexity index is 2150. The van der Waals surface area contributed by atoms with Gasteiger partial charge in [-0.2, -0.15) is 4.37 Å². The summed E-state index contributed by atoms with van der Waals surface area (Å²) in [6.07, 6.45) is 0. The van der Waals surface area contributed by atoms with E-state index < -0.39 is 0 Å². The normalized spacial score (nSPS) is 11.3. The van der Waals surface area contributed by atoms with Gasteiger partial charge in [0.25, 0.3) is 0 Å². The van der Waals surface area contributed by atoms with Crippen LogP contribution in [0.4, 0.5) is 17.1 Å². The quantitative estimate of drug-likeness (QED) is 0.211. The van der Waals surface area contributed by atoms with Gasteiger partial charge in [0, 0.05) is 28.2 Å². The molecule has 0 N–H and O–H groups in total. The molecule has 0 saturated carbocycles. The minimum absolute atomic E-state index is 0.738. The van der Waals surface area contributed by atoms with E-state index in [4.69, 9.17) is 9.36 Å². The zero-order valence-corrected chi connectivity index (χ0v) is 23.5. The van der Waals surface area contributed by atoms with Crippen molar-refractivity contribution in [1.29, 1.82) is 0 Å². The maximum absolute atomic E-state index is 4.97. The first-order valence-corrected chi connectivity index (χ1v) is 14.8. The highest BCUT2D eigenvalue weighted by molar-refractivity contribution is 7.09. The van der Waals surface area contributed by atoms with Crippen LogP contribution in [0.25, 0.3) is 54.3 Å². The minimum atomic E-state index is 0.738. The number of hydrogen-bond acceptors (Lipinski definition) is 4. The summed E-state index contributed by atoms with van der Waals surface area (Å²) in [6.45, 7) is 0. The van der Waals surface area contributed by atoms with Gasteiger partial charge >= 0.3 is 0 Å². The SMILES string of the molecule is c1cc(-c2nsc(-c3ccc4ccccc4c3)n2)cc(N(c2ccc3ccccc3c2)c2ccc3ccccc3c2)c1. The molecular weight excluding hydrogens is 531 g/mol. The Morgan fingerprint density at radius 3 is 1.55 bits per heavy atom. The predicted octanol–water partition coefficient (Wildman–Crippen LogP) is 10.8. The van der Waals surface area contributed by atoms with Gasteiger partial charge in [0.05, 0.1) is 0 Å². The van der Waals surface area contributed by atoms with Crippen LogP contribution in [0.1, 0.15) is 0 Å². The van der Waals surface area contributed by atoms with Gasteiger partial charge in [-0.3, -0.25) is 0 Å². The van der Waals surface area contributed by atoms with Crippen LogP contribution in [0.2, 0.25) is 0 Å². The summed E-state index contributed by atoms with van der Waals surface area (Å²) in [5.74, 6) is 0.738. The lowest BCUT2D eigenvalue weighted by molar-refractivity contribution is 1.28. The summed E-state index contributed by atoms with van der Waals surface area (Å²) >= 11 is 1.44. The molecule has 0 unspecified atom stereocenters. The Hall–Kier alpha value is -5.32. The van der Waals surface area contributed by atoms with Gasteiger partial charge in [-0.1, -0.05) is 109 Å². The van der Waals surface area contributed by atoms with Crippen LogP contribution in [0.5, 0.6) is 0 Å². The third-order valence-corrected chi connectivity index (χ3v) is 8.53. The third-order valence-electron chi connectivity index (χ3n) is 7.77. The molecule has 0 radical (unpaired) electrons. The molecule has 0 atom stereocenters. The van der Waals surface area contributed by atoms with E-state index in [9.17, 15) is 0 Å². The second-order valence-corrected chi connectivity index (χ2v) is 11.2. The predicted molar refractivity (Wildman–Crippen MR) is 178 cm³/mol. The van der Waals surface area contributed by atoms with Crippen LogP contribution in [0, 0.1) is 0 Å². The van der Waals surface area contributed by atoms with Crippen LogP contribution < -0.4 is 4.90 Å². The summed E-state index contributed by atoms with van der Waals surface area (Å²) in [5, 5.41) is 8.21. The van der Waals surface area contributed by atoms with Crippen LogP contribution in [0.15, 0.2) is 152 Å². The van der Waals surface area contributed by atoms with Crippen LogP contribution >= 0.6 is 11.5 Å². The molecule has 0 spiro atoms. The van der Waals surface area contributed by atoms with E-state index in [2.05, 4.69) is 157 Å². The summed E-state index contributed by atoms with van der Waals surface area (Å²) in [6, 6.07) is 53.7. The molecule has 7 aromatic carbocycles. The van der Waals surface area contributed by atoms with Crippen molar-refractivity contribution in [1.82, 2.24) is 9.36 Å². The molecule has 0 aliphatic rings. The van der Waals surface area contributed by atoms with Gasteiger partial charge in [0.2, 0.25) is 0 Å². The van der Waals surface area contributed by atoms with Crippen molar-refractivity contribution in [2.24, 2.45) is 0 Å². The standard InChI is InChI=1S/C38H25N3S/c1-4-11-29-22-33(17-16-26(29)8-1)38-39-37(40-42-38)32-14-7-15-34(25-32)41(35-20-18-27-9-2-5-12-30(27)23-35)36-21-19-28-10-3-6-13-31(28)24-36/h1-25H. The second-order valence-electron chi connectivity index (χ2n) is 10.4. The zero-order chi connectivity index (χ0) is 27.9. The Labute approximate surface area is 248 Å². The van der Waals surface area contributed by atoms with E-state index in [1.54, 1.807) is 0 Å². The molecule has 8 rings (SSSR count). The number of anilines is 3. The lowest BCUT2D eigenvalue weighted by atomic mass is 10.1. The number of benzene rings is 7. The van der Waals surface area contributed by atoms with Crippen molar-refractivity contribution in [2.75, 3.05) is 4.90 Å². The molecule has 0 aliphatic carbocycles. The number of hydrogen-bond donors (Lipinski definition) is 0. The van der Waals surface area contributed by atoms with Crippen LogP contribution in [0.3, 0.4) is 0 Å². The van der Waals surface area contributed by atoms with Crippen molar-refractivity contribution < 1.29 is 0 Å². The highest BCUT2D eigenvalue weighted by atomic mass is 32.1. The molecule has 0 bridgehead atoms. The van der Waals surface area contributed by atoms with E-state index in [0.717, 1.165) is 39.0 Å². The lowest BCUT2D eigenvalue weighted by Gasteiger charge is -2.26. The summed E-state index contributed by atoms with van der Waals surface area (Å²) < 4.78 is 4.78. The summed E-state index contributed by atoms with van der Waals surface area (Å²) in [7, 11) is 0. The van der Waals surface area contributed by atoms with Gasteiger partial charge in [-0.05, 0) is 86.3 Å². The molecule has 8 aromatic rings. The Morgan fingerprint density at radius 2 is 0.929 bits per heavy atom. The lowest BCUT2D eigenvalue weighted by Crippen LogP contribution is -2.10. The molecule has 0 amide bonds. The van der Waals surface area contributed by atoms with Crippen molar-refractivity contribution in [2.45, 2.75) is 0 Å². The topological polar surface area (TPSA) is 29.0 Å². The van der Waals surface area contributed by atoms with Gasteiger partial charge in [0.1, 0.15) is 5.01 Å². The Balaban J connectivity index is 1.23. The van der Waals surface area contributed by atoms with E-state index in [0.29, 0.717) is 0 Å². The van der Waals surface area contributed by atoms with Crippen molar-refractivity contribution >= 4 is 60.9 Å². The molecule has 0 aliphatic heterocycles. The molecule has 0 fully saturated rings. The van der Waals surface area contributed by atoms with Crippen molar-refractivity contribution in [3.8, 4) is 22.0 Å². The zero-order valence-electron chi connectivity index (χ0n) is 22.7. The average Bonchev–Trinajstić information content (AvgIpc) is 3.55. The largest absolute Gasteiger partial charge is 0.310 e. The number of aromatic nitrogens is 2. The van der Waals surface area contributed by atoms with Gasteiger partial charge in [0.15, 0.2) is 5.82 Å². The van der Waals surface area contributed by atoms with Gasteiger partial charge in [-0.25, -0.2) is 4.98 Å². The Morgan fingerprint density at radius 1 is 0.405 bits per heavy atom. The minimum Gasteiger partial charge on any atom is -0.310 e. The summed E-state index contributed by atoms with van der Waals surface area (Å²) in [4.78, 5) is 7.29. The highest BCUT2D eigenvalue weighted by Gasteiger charge is 2.16. The first-order chi connectivity index (χ1) is 20.8. The van der Waals surface area contributed by atoms with E-state index in [1.807, 2.05) is 0 Å². The number of rotatable bonds is 5. The molecular formula is C38H25N3S. The second kappa shape index (κ2) is 10.3. The summed E-state index contributed by atoms with van der Waals surface area (Å²) in [5.41, 5.74) is 5.33. The third kappa shape index (κ3) is 4.48. The molecule has 198 valence electrons. The molecule has 1 heterocycles. The monoisotopic (exact) mass is 555 g/mol. The number of nitrogens with zero attached hydrogens (tertiary/aromatic N) is 3. The first-order valence-electron chi connectivity index (χ1n) is 14.0. The van der Waals surface area contributed by atoms with Gasteiger partial charge in [-0.15, -0.1) is 0 Å². The molecule has 42 heavy (non-hydrogen) atoms. The van der Waals surface area contributed by atoms with Crippen molar-refractivity contribution in [3.05, 3.63) is 152 Å². The maximum atomic E-state index is 4.97. The number of fused-ring (bicyclic) bond motifs is 3.